The van der Waals surface area contributed by atoms with Gasteiger partial charge in [-0.1, -0.05) is 26.3 Å². The van der Waals surface area contributed by atoms with Crippen LogP contribution in [0.1, 0.15) is 33.1 Å². The van der Waals surface area contributed by atoms with Gasteiger partial charge in [-0.3, -0.25) is 4.79 Å². The molecule has 0 saturated carbocycles. The van der Waals surface area contributed by atoms with Crippen LogP contribution in [-0.4, -0.2) is 23.8 Å². The average molecular weight is 193 g/mol. The highest BCUT2D eigenvalue weighted by atomic mass is 16.1. The molecule has 1 heterocycles. The van der Waals surface area contributed by atoms with Crippen LogP contribution >= 0.6 is 0 Å². The number of rotatable bonds is 5. The molecule has 1 rings (SSSR count). The number of hydrogen-bond acceptors (Lipinski definition) is 2. The molecule has 1 aliphatic rings. The number of aldehydes is 1. The van der Waals surface area contributed by atoms with Crippen molar-refractivity contribution in [3.63, 3.8) is 0 Å². The number of carbonyl (C=O) groups excluding carboxylic acids is 1. The van der Waals surface area contributed by atoms with Gasteiger partial charge >= 0.3 is 0 Å². The van der Waals surface area contributed by atoms with Gasteiger partial charge in [0, 0.05) is 18.2 Å². The maximum atomic E-state index is 10.6. The van der Waals surface area contributed by atoms with E-state index in [1.807, 2.05) is 12.2 Å². The van der Waals surface area contributed by atoms with Crippen LogP contribution < -0.4 is 0 Å². The van der Waals surface area contributed by atoms with Crippen molar-refractivity contribution in [3.05, 3.63) is 23.9 Å². The fourth-order valence-corrected chi connectivity index (χ4v) is 1.86. The van der Waals surface area contributed by atoms with E-state index in [0.717, 1.165) is 24.8 Å². The molecule has 0 aliphatic carbocycles. The van der Waals surface area contributed by atoms with Gasteiger partial charge in [0.05, 0.1) is 0 Å². The molecule has 1 aliphatic heterocycles. The van der Waals surface area contributed by atoms with Crippen molar-refractivity contribution in [2.45, 2.75) is 39.2 Å². The molecule has 0 amide bonds. The van der Waals surface area contributed by atoms with E-state index in [1.165, 1.54) is 12.8 Å². The van der Waals surface area contributed by atoms with Crippen molar-refractivity contribution in [1.29, 1.82) is 0 Å². The van der Waals surface area contributed by atoms with Gasteiger partial charge in [-0.2, -0.15) is 0 Å². The molecule has 0 spiro atoms. The third kappa shape index (κ3) is 2.72. The van der Waals surface area contributed by atoms with Gasteiger partial charge in [-0.05, 0) is 25.1 Å². The van der Waals surface area contributed by atoms with Crippen LogP contribution in [0, 0.1) is 0 Å². The predicted molar refractivity (Wildman–Crippen MR) is 59.0 cm³/mol. The Balaban J connectivity index is 2.57. The Morgan fingerprint density at radius 3 is 2.93 bits per heavy atom. The fraction of sp³-hybridized carbons (Fsp3) is 0.583. The van der Waals surface area contributed by atoms with E-state index in [4.69, 9.17) is 0 Å². The van der Waals surface area contributed by atoms with Crippen LogP contribution in [0.4, 0.5) is 0 Å². The summed E-state index contributed by atoms with van der Waals surface area (Å²) in [7, 11) is 0. The normalized spacial score (nSPS) is 17.9. The maximum absolute atomic E-state index is 10.6. The largest absolute Gasteiger partial charge is 0.370 e. The first-order valence-corrected chi connectivity index (χ1v) is 5.40. The van der Waals surface area contributed by atoms with Gasteiger partial charge in [-0.15, -0.1) is 0 Å². The van der Waals surface area contributed by atoms with Crippen molar-refractivity contribution < 1.29 is 4.79 Å². The maximum Gasteiger partial charge on any atom is 0.147 e. The van der Waals surface area contributed by atoms with Crippen LogP contribution in [-0.2, 0) is 4.79 Å². The lowest BCUT2D eigenvalue weighted by atomic mass is 10.1. The first kappa shape index (κ1) is 11.0. The quantitative estimate of drug-likeness (QED) is 0.625. The van der Waals surface area contributed by atoms with Crippen LogP contribution in [0.5, 0.6) is 0 Å². The van der Waals surface area contributed by atoms with E-state index in [9.17, 15) is 4.79 Å². The molecule has 0 aromatic carbocycles. The fourth-order valence-electron chi connectivity index (χ4n) is 1.86. The highest BCUT2D eigenvalue weighted by Crippen LogP contribution is 2.15. The monoisotopic (exact) mass is 193 g/mol. The molecule has 0 bridgehead atoms. The van der Waals surface area contributed by atoms with Crippen molar-refractivity contribution in [1.82, 2.24) is 4.90 Å². The van der Waals surface area contributed by atoms with Crippen LogP contribution in [0.15, 0.2) is 23.9 Å². The van der Waals surface area contributed by atoms with Crippen LogP contribution in [0.25, 0.3) is 0 Å². The smallest absolute Gasteiger partial charge is 0.147 e. The highest BCUT2D eigenvalue weighted by Gasteiger charge is 2.15. The molecule has 2 heteroatoms. The summed E-state index contributed by atoms with van der Waals surface area (Å²) in [6.45, 7) is 5.18. The van der Waals surface area contributed by atoms with Gasteiger partial charge in [0.1, 0.15) is 6.29 Å². The van der Waals surface area contributed by atoms with Gasteiger partial charge < -0.3 is 4.90 Å². The molecule has 1 unspecified atom stereocenters. The van der Waals surface area contributed by atoms with Crippen LogP contribution in [0.3, 0.4) is 0 Å². The zero-order chi connectivity index (χ0) is 10.4. The topological polar surface area (TPSA) is 20.3 Å². The van der Waals surface area contributed by atoms with E-state index in [-0.39, 0.29) is 0 Å². The SMILES string of the molecule is CCCC(CC)N1C=CC=C(C=O)C1. The number of hydrogen-bond donors (Lipinski definition) is 0. The Labute approximate surface area is 86.3 Å². The Hall–Kier alpha value is -1.05. The molecule has 0 fully saturated rings. The number of allylic oxidation sites excluding steroid dienone is 2. The Bertz CT molecular complexity index is 243. The lowest BCUT2D eigenvalue weighted by Crippen LogP contribution is -2.33. The molecular weight excluding hydrogens is 174 g/mol. The number of nitrogens with zero attached hydrogens (tertiary/aromatic N) is 1. The molecule has 0 N–H and O–H groups in total. The summed E-state index contributed by atoms with van der Waals surface area (Å²) in [5.41, 5.74) is 0.877. The van der Waals surface area contributed by atoms with E-state index < -0.39 is 0 Å². The number of carbonyl (C=O) groups is 1. The van der Waals surface area contributed by atoms with Gasteiger partial charge in [0.25, 0.3) is 0 Å². The Morgan fingerprint density at radius 1 is 1.57 bits per heavy atom. The van der Waals surface area contributed by atoms with Gasteiger partial charge in [0.2, 0.25) is 0 Å². The zero-order valence-corrected chi connectivity index (χ0v) is 9.07. The minimum atomic E-state index is 0.583. The van der Waals surface area contributed by atoms with Crippen LogP contribution in [0.2, 0.25) is 0 Å². The second kappa shape index (κ2) is 5.63. The minimum absolute atomic E-state index is 0.583. The molecule has 2 nitrogen and oxygen atoms in total. The molecule has 78 valence electrons. The average Bonchev–Trinajstić information content (AvgIpc) is 2.26. The zero-order valence-electron chi connectivity index (χ0n) is 9.07. The molecule has 0 aromatic rings. The van der Waals surface area contributed by atoms with E-state index in [0.29, 0.717) is 6.04 Å². The first-order chi connectivity index (χ1) is 6.81. The van der Waals surface area contributed by atoms with Gasteiger partial charge in [0.15, 0.2) is 0 Å². The summed E-state index contributed by atoms with van der Waals surface area (Å²) in [6, 6.07) is 0.583. The van der Waals surface area contributed by atoms with Crippen molar-refractivity contribution >= 4 is 6.29 Å². The summed E-state index contributed by atoms with van der Waals surface area (Å²) < 4.78 is 0. The Morgan fingerprint density at radius 2 is 2.36 bits per heavy atom. The summed E-state index contributed by atoms with van der Waals surface area (Å²) in [5.74, 6) is 0. The second-order valence-electron chi connectivity index (χ2n) is 3.72. The summed E-state index contributed by atoms with van der Waals surface area (Å²) in [6.07, 6.45) is 10.4. The minimum Gasteiger partial charge on any atom is -0.370 e. The van der Waals surface area contributed by atoms with Crippen molar-refractivity contribution in [2.75, 3.05) is 6.54 Å². The summed E-state index contributed by atoms with van der Waals surface area (Å²) in [4.78, 5) is 12.9. The summed E-state index contributed by atoms with van der Waals surface area (Å²) >= 11 is 0. The van der Waals surface area contributed by atoms with Crippen molar-refractivity contribution in [3.8, 4) is 0 Å². The first-order valence-electron chi connectivity index (χ1n) is 5.40. The third-order valence-corrected chi connectivity index (χ3v) is 2.67. The van der Waals surface area contributed by atoms with E-state index >= 15 is 0 Å². The predicted octanol–water partition coefficient (Wildman–Crippen LogP) is 2.52. The van der Waals surface area contributed by atoms with Crippen molar-refractivity contribution in [2.24, 2.45) is 0 Å². The van der Waals surface area contributed by atoms with E-state index in [2.05, 4.69) is 24.9 Å². The highest BCUT2D eigenvalue weighted by molar-refractivity contribution is 5.74. The molecule has 0 saturated heterocycles. The van der Waals surface area contributed by atoms with E-state index in [1.54, 1.807) is 0 Å². The summed E-state index contributed by atoms with van der Waals surface area (Å²) in [5, 5.41) is 0. The Kier molecular flexibility index (Phi) is 4.44. The third-order valence-electron chi connectivity index (χ3n) is 2.67. The lowest BCUT2D eigenvalue weighted by Gasteiger charge is -2.31. The molecule has 0 aromatic heterocycles. The standard InChI is InChI=1S/C12H19NO/c1-3-6-12(4-2)13-8-5-7-11(9-13)10-14/h5,7-8,10,12H,3-4,6,9H2,1-2H3. The second-order valence-corrected chi connectivity index (χ2v) is 3.72. The molecule has 0 radical (unpaired) electrons. The lowest BCUT2D eigenvalue weighted by molar-refractivity contribution is -0.105. The molecule has 1 atom stereocenters. The molecule has 14 heavy (non-hydrogen) atoms. The molecular formula is C12H19NO. The van der Waals surface area contributed by atoms with Gasteiger partial charge in [-0.25, -0.2) is 0 Å².